The summed E-state index contributed by atoms with van der Waals surface area (Å²) in [6.07, 6.45) is 2.52. The van der Waals surface area contributed by atoms with Gasteiger partial charge in [0.25, 0.3) is 5.56 Å². The van der Waals surface area contributed by atoms with Crippen molar-refractivity contribution in [1.29, 1.82) is 0 Å². The zero-order chi connectivity index (χ0) is 18.4. The number of amides is 1. The molecule has 134 valence electrons. The van der Waals surface area contributed by atoms with Gasteiger partial charge < -0.3 is 5.32 Å². The molecule has 2 rings (SSSR count). The molecule has 0 aliphatic carbocycles. The lowest BCUT2D eigenvalue weighted by atomic mass is 10.1. The van der Waals surface area contributed by atoms with Crippen LogP contribution < -0.4 is 10.9 Å². The Bertz CT molecular complexity index is 814. The Hall–Kier alpha value is -2.08. The summed E-state index contributed by atoms with van der Waals surface area (Å²) in [5, 5.41) is 3.63. The minimum atomic E-state index is -0.349. The summed E-state index contributed by atoms with van der Waals surface area (Å²) >= 11 is 1.31. The molecule has 6 heteroatoms. The standard InChI is InChI=1S/C19H25N3O2S/c1-5-11-20-17(23)14(4)25-19-21-16-9-7-6-8-15(16)18(24)22(19)12-10-13(2)3/h5-9,13-14H,1,10-12H2,2-4H3,(H,20,23)/t14-/m1/s1. The van der Waals surface area contributed by atoms with Gasteiger partial charge in [-0.2, -0.15) is 0 Å². The largest absolute Gasteiger partial charge is 0.352 e. The molecule has 0 aliphatic heterocycles. The Kier molecular flexibility index (Phi) is 6.82. The van der Waals surface area contributed by atoms with Gasteiger partial charge in [0, 0.05) is 13.1 Å². The first kappa shape index (κ1) is 19.2. The fourth-order valence-electron chi connectivity index (χ4n) is 2.35. The molecule has 1 atom stereocenters. The highest BCUT2D eigenvalue weighted by atomic mass is 32.2. The highest BCUT2D eigenvalue weighted by molar-refractivity contribution is 8.00. The topological polar surface area (TPSA) is 64.0 Å². The molecule has 1 amide bonds. The van der Waals surface area contributed by atoms with Gasteiger partial charge in [0.05, 0.1) is 16.2 Å². The highest BCUT2D eigenvalue weighted by Crippen LogP contribution is 2.23. The molecule has 0 spiro atoms. The van der Waals surface area contributed by atoms with Gasteiger partial charge in [0.15, 0.2) is 5.16 Å². The van der Waals surface area contributed by atoms with Crippen LogP contribution in [0.2, 0.25) is 0 Å². The third-order valence-electron chi connectivity index (χ3n) is 3.83. The van der Waals surface area contributed by atoms with Gasteiger partial charge in [0.2, 0.25) is 5.91 Å². The summed E-state index contributed by atoms with van der Waals surface area (Å²) in [5.41, 5.74) is 0.613. The lowest BCUT2D eigenvalue weighted by molar-refractivity contribution is -0.120. The van der Waals surface area contributed by atoms with Gasteiger partial charge in [-0.1, -0.05) is 43.8 Å². The summed E-state index contributed by atoms with van der Waals surface area (Å²) in [6.45, 7) is 10.7. The zero-order valence-corrected chi connectivity index (χ0v) is 15.8. The van der Waals surface area contributed by atoms with E-state index in [-0.39, 0.29) is 16.7 Å². The molecule has 0 aliphatic rings. The van der Waals surface area contributed by atoms with Gasteiger partial charge >= 0.3 is 0 Å². The van der Waals surface area contributed by atoms with E-state index >= 15 is 0 Å². The van der Waals surface area contributed by atoms with Crippen molar-refractivity contribution in [3.05, 3.63) is 47.3 Å². The van der Waals surface area contributed by atoms with Crippen LogP contribution in [0.4, 0.5) is 0 Å². The SMILES string of the molecule is C=CCNC(=O)[C@@H](C)Sc1nc2ccccc2c(=O)n1CCC(C)C. The first-order valence-electron chi connectivity index (χ1n) is 8.49. The van der Waals surface area contributed by atoms with Crippen molar-refractivity contribution in [1.82, 2.24) is 14.9 Å². The molecule has 1 heterocycles. The van der Waals surface area contributed by atoms with Crippen molar-refractivity contribution in [2.75, 3.05) is 6.54 Å². The van der Waals surface area contributed by atoms with E-state index in [1.165, 1.54) is 11.8 Å². The number of carbonyl (C=O) groups is 1. The van der Waals surface area contributed by atoms with Crippen molar-refractivity contribution >= 4 is 28.6 Å². The molecular formula is C19H25N3O2S. The maximum Gasteiger partial charge on any atom is 0.262 e. The maximum absolute atomic E-state index is 12.9. The van der Waals surface area contributed by atoms with Crippen LogP contribution in [0, 0.1) is 5.92 Å². The molecule has 1 N–H and O–H groups in total. The van der Waals surface area contributed by atoms with Crippen molar-refractivity contribution in [2.24, 2.45) is 5.92 Å². The number of carbonyl (C=O) groups excluding carboxylic acids is 1. The van der Waals surface area contributed by atoms with Crippen molar-refractivity contribution in [3.8, 4) is 0 Å². The van der Waals surface area contributed by atoms with Crippen LogP contribution in [-0.2, 0) is 11.3 Å². The molecule has 0 saturated heterocycles. The molecule has 1 aromatic heterocycles. The number of para-hydroxylation sites is 1. The average molecular weight is 359 g/mol. The van der Waals surface area contributed by atoms with Crippen molar-refractivity contribution in [2.45, 2.75) is 44.1 Å². The number of hydrogen-bond donors (Lipinski definition) is 1. The maximum atomic E-state index is 12.9. The molecule has 25 heavy (non-hydrogen) atoms. The number of thioether (sulfide) groups is 1. The van der Waals surface area contributed by atoms with Crippen LogP contribution in [0.15, 0.2) is 46.9 Å². The van der Waals surface area contributed by atoms with Crippen LogP contribution in [0.5, 0.6) is 0 Å². The monoisotopic (exact) mass is 359 g/mol. The minimum Gasteiger partial charge on any atom is -0.352 e. The number of fused-ring (bicyclic) bond motifs is 1. The number of nitrogens with zero attached hydrogens (tertiary/aromatic N) is 2. The summed E-state index contributed by atoms with van der Waals surface area (Å²) in [4.78, 5) is 29.7. The van der Waals surface area contributed by atoms with E-state index in [1.807, 2.05) is 25.1 Å². The first-order chi connectivity index (χ1) is 11.9. The fourth-order valence-corrected chi connectivity index (χ4v) is 3.31. The van der Waals surface area contributed by atoms with Crippen molar-refractivity contribution < 1.29 is 4.79 Å². The highest BCUT2D eigenvalue weighted by Gasteiger charge is 2.19. The molecule has 5 nitrogen and oxygen atoms in total. The van der Waals surface area contributed by atoms with E-state index in [9.17, 15) is 9.59 Å². The lowest BCUT2D eigenvalue weighted by Gasteiger charge is -2.16. The first-order valence-corrected chi connectivity index (χ1v) is 9.36. The quantitative estimate of drug-likeness (QED) is 0.446. The minimum absolute atomic E-state index is 0.0487. The van der Waals surface area contributed by atoms with E-state index in [2.05, 4.69) is 30.7 Å². The zero-order valence-electron chi connectivity index (χ0n) is 15.0. The summed E-state index contributed by atoms with van der Waals surface area (Å²) in [6, 6.07) is 7.33. The molecule has 0 radical (unpaired) electrons. The smallest absolute Gasteiger partial charge is 0.262 e. The number of hydrogen-bond acceptors (Lipinski definition) is 4. The van der Waals surface area contributed by atoms with E-state index < -0.39 is 0 Å². The van der Waals surface area contributed by atoms with Gasteiger partial charge in [-0.25, -0.2) is 4.98 Å². The summed E-state index contributed by atoms with van der Waals surface area (Å²) in [7, 11) is 0. The van der Waals surface area contributed by atoms with E-state index in [4.69, 9.17) is 0 Å². The Morgan fingerprint density at radius 1 is 1.36 bits per heavy atom. The van der Waals surface area contributed by atoms with Crippen LogP contribution in [-0.4, -0.2) is 27.3 Å². The van der Waals surface area contributed by atoms with Gasteiger partial charge in [-0.3, -0.25) is 14.2 Å². The Labute approximate surface area is 152 Å². The average Bonchev–Trinajstić information content (AvgIpc) is 2.59. The van der Waals surface area contributed by atoms with Gasteiger partial charge in [-0.15, -0.1) is 6.58 Å². The van der Waals surface area contributed by atoms with E-state index in [1.54, 1.807) is 16.7 Å². The third-order valence-corrected chi connectivity index (χ3v) is 4.92. The third kappa shape index (κ3) is 4.95. The second-order valence-electron chi connectivity index (χ2n) is 6.34. The van der Waals surface area contributed by atoms with E-state index in [0.717, 1.165) is 6.42 Å². The molecule has 0 bridgehead atoms. The molecule has 2 aromatic rings. The van der Waals surface area contributed by atoms with Gasteiger partial charge in [-0.05, 0) is 31.4 Å². The molecule has 1 aromatic carbocycles. The number of benzene rings is 1. The van der Waals surface area contributed by atoms with Crippen LogP contribution in [0.3, 0.4) is 0 Å². The van der Waals surface area contributed by atoms with Crippen LogP contribution in [0.25, 0.3) is 10.9 Å². The van der Waals surface area contributed by atoms with Gasteiger partial charge in [0.1, 0.15) is 0 Å². The molecule has 0 fully saturated rings. The predicted molar refractivity (Wildman–Crippen MR) is 104 cm³/mol. The second kappa shape index (κ2) is 8.85. The lowest BCUT2D eigenvalue weighted by Crippen LogP contribution is -2.32. The molecule has 0 unspecified atom stereocenters. The van der Waals surface area contributed by atoms with Crippen molar-refractivity contribution in [3.63, 3.8) is 0 Å². The predicted octanol–water partition coefficient (Wildman–Crippen LogP) is 3.23. The van der Waals surface area contributed by atoms with E-state index in [0.29, 0.717) is 35.1 Å². The second-order valence-corrected chi connectivity index (χ2v) is 7.65. The Morgan fingerprint density at radius 2 is 2.08 bits per heavy atom. The summed E-state index contributed by atoms with van der Waals surface area (Å²) < 4.78 is 1.70. The van der Waals surface area contributed by atoms with Crippen LogP contribution in [0.1, 0.15) is 27.2 Å². The fraction of sp³-hybridized carbons (Fsp3) is 0.421. The Morgan fingerprint density at radius 3 is 2.76 bits per heavy atom. The number of nitrogens with one attached hydrogen (secondary N) is 1. The number of rotatable bonds is 8. The van der Waals surface area contributed by atoms with Crippen LogP contribution >= 0.6 is 11.8 Å². The Balaban J connectivity index is 2.38. The molecule has 0 saturated carbocycles. The normalized spacial score (nSPS) is 12.3. The molecular weight excluding hydrogens is 334 g/mol. The number of aromatic nitrogens is 2. The summed E-state index contributed by atoms with van der Waals surface area (Å²) in [5.74, 6) is 0.382.